The van der Waals surface area contributed by atoms with Crippen LogP contribution in [-0.2, 0) is 9.59 Å². The van der Waals surface area contributed by atoms with Crippen LogP contribution in [0.15, 0.2) is 42.5 Å². The van der Waals surface area contributed by atoms with Gasteiger partial charge >= 0.3 is 0 Å². The minimum Gasteiger partial charge on any atom is -0.326 e. The highest BCUT2D eigenvalue weighted by Gasteiger charge is 2.48. The number of nitrogens with one attached hydrogen (secondary N) is 2. The van der Waals surface area contributed by atoms with Crippen LogP contribution in [-0.4, -0.2) is 11.8 Å². The van der Waals surface area contributed by atoms with E-state index < -0.39 is 0 Å². The van der Waals surface area contributed by atoms with Crippen molar-refractivity contribution in [1.29, 1.82) is 0 Å². The van der Waals surface area contributed by atoms with E-state index in [0.29, 0.717) is 12.3 Å². The van der Waals surface area contributed by atoms with Gasteiger partial charge in [-0.2, -0.15) is 0 Å². The number of hydrogen-bond donors (Lipinski definition) is 2. The van der Waals surface area contributed by atoms with Gasteiger partial charge in [-0.1, -0.05) is 44.2 Å². The first-order chi connectivity index (χ1) is 12.4. The smallest absolute Gasteiger partial charge is 0.228 e. The number of hydrogen-bond acceptors (Lipinski definition) is 2. The van der Waals surface area contributed by atoms with Crippen molar-refractivity contribution in [3.63, 3.8) is 0 Å². The summed E-state index contributed by atoms with van der Waals surface area (Å²) in [6.45, 7) is 8.20. The third-order valence-corrected chi connectivity index (χ3v) is 4.92. The van der Waals surface area contributed by atoms with Crippen LogP contribution < -0.4 is 10.6 Å². The summed E-state index contributed by atoms with van der Waals surface area (Å²) in [4.78, 5) is 25.0. The minimum atomic E-state index is -0.251. The number of carbonyl (C=O) groups excluding carboxylic acids is 2. The van der Waals surface area contributed by atoms with Crippen molar-refractivity contribution in [3.05, 3.63) is 59.2 Å². The topological polar surface area (TPSA) is 58.2 Å². The summed E-state index contributed by atoms with van der Waals surface area (Å²) in [5.74, 6) is -0.318. The zero-order valence-electron chi connectivity index (χ0n) is 15.8. The number of anilines is 2. The maximum atomic E-state index is 12.6. The first-order valence-corrected chi connectivity index (χ1v) is 9.14. The molecule has 26 heavy (non-hydrogen) atoms. The summed E-state index contributed by atoms with van der Waals surface area (Å²) < 4.78 is 0. The van der Waals surface area contributed by atoms with Crippen molar-refractivity contribution < 1.29 is 9.59 Å². The van der Waals surface area contributed by atoms with Crippen LogP contribution in [0.5, 0.6) is 0 Å². The third kappa shape index (κ3) is 3.96. The number of rotatable bonds is 5. The van der Waals surface area contributed by atoms with Crippen molar-refractivity contribution in [2.75, 3.05) is 10.6 Å². The number of aryl methyl sites for hydroxylation is 2. The second kappa shape index (κ2) is 7.32. The van der Waals surface area contributed by atoms with Gasteiger partial charge in [0.15, 0.2) is 0 Å². The lowest BCUT2D eigenvalue weighted by molar-refractivity contribution is -0.122. The van der Waals surface area contributed by atoms with Gasteiger partial charge in [-0.15, -0.1) is 0 Å². The predicted octanol–water partition coefficient (Wildman–Crippen LogP) is 4.64. The molecule has 2 unspecified atom stereocenters. The summed E-state index contributed by atoms with van der Waals surface area (Å²) in [6.07, 6.45) is 0.604. The van der Waals surface area contributed by atoms with Gasteiger partial charge in [0, 0.05) is 11.4 Å². The van der Waals surface area contributed by atoms with Crippen molar-refractivity contribution >= 4 is 23.2 Å². The molecule has 2 atom stereocenters. The fourth-order valence-corrected chi connectivity index (χ4v) is 3.29. The third-order valence-electron chi connectivity index (χ3n) is 4.92. The van der Waals surface area contributed by atoms with Crippen LogP contribution in [0.1, 0.15) is 42.9 Å². The highest BCUT2D eigenvalue weighted by molar-refractivity contribution is 6.03. The van der Waals surface area contributed by atoms with Gasteiger partial charge in [0.25, 0.3) is 0 Å². The molecule has 2 amide bonds. The summed E-state index contributed by atoms with van der Waals surface area (Å²) in [5.41, 5.74) is 4.93. The summed E-state index contributed by atoms with van der Waals surface area (Å²) in [7, 11) is 0. The van der Waals surface area contributed by atoms with E-state index in [9.17, 15) is 9.59 Å². The Balaban J connectivity index is 1.64. The van der Waals surface area contributed by atoms with Crippen LogP contribution in [0.4, 0.5) is 11.4 Å². The average Bonchev–Trinajstić information content (AvgIpc) is 3.37. The van der Waals surface area contributed by atoms with Crippen LogP contribution in [0, 0.1) is 25.7 Å². The Bertz CT molecular complexity index is 842. The maximum absolute atomic E-state index is 12.6. The quantitative estimate of drug-likeness (QED) is 0.825. The van der Waals surface area contributed by atoms with Crippen LogP contribution in [0.25, 0.3) is 0 Å². The molecule has 0 radical (unpaired) electrons. The fraction of sp³-hybridized carbons (Fsp3) is 0.364. The highest BCUT2D eigenvalue weighted by Crippen LogP contribution is 2.41. The molecule has 2 aromatic rings. The van der Waals surface area contributed by atoms with Crippen molar-refractivity contribution in [2.24, 2.45) is 11.8 Å². The normalized spacial score (nSPS) is 18.5. The summed E-state index contributed by atoms with van der Waals surface area (Å²) in [5, 5.41) is 5.98. The van der Waals surface area contributed by atoms with E-state index >= 15 is 0 Å². The first-order valence-electron chi connectivity index (χ1n) is 9.14. The van der Waals surface area contributed by atoms with Crippen molar-refractivity contribution in [3.8, 4) is 0 Å². The van der Waals surface area contributed by atoms with E-state index in [-0.39, 0.29) is 23.7 Å². The van der Waals surface area contributed by atoms with Gasteiger partial charge in [0.1, 0.15) is 0 Å². The molecule has 1 aliphatic carbocycles. The van der Waals surface area contributed by atoms with E-state index in [0.717, 1.165) is 28.1 Å². The molecule has 136 valence electrons. The summed E-state index contributed by atoms with van der Waals surface area (Å²) in [6, 6.07) is 13.7. The fourth-order valence-electron chi connectivity index (χ4n) is 3.29. The van der Waals surface area contributed by atoms with Crippen LogP contribution in [0.3, 0.4) is 0 Å². The first kappa shape index (κ1) is 18.2. The molecule has 0 heterocycles. The standard InChI is InChI=1S/C22H26N2O2/c1-13(2)17-10-6-8-15(4)20(17)24-22(26)19-12-18(19)21(25)23-16-9-5-7-14(3)11-16/h5-11,13,18-19H,12H2,1-4H3,(H,23,25)(H,24,26). The molecule has 0 aliphatic heterocycles. The van der Waals surface area contributed by atoms with Gasteiger partial charge in [-0.3, -0.25) is 9.59 Å². The second-order valence-electron chi connectivity index (χ2n) is 7.49. The Hall–Kier alpha value is -2.62. The molecule has 0 spiro atoms. The monoisotopic (exact) mass is 350 g/mol. The lowest BCUT2D eigenvalue weighted by Gasteiger charge is -2.16. The molecule has 2 N–H and O–H groups in total. The second-order valence-corrected chi connectivity index (χ2v) is 7.49. The summed E-state index contributed by atoms with van der Waals surface area (Å²) >= 11 is 0. The zero-order valence-corrected chi connectivity index (χ0v) is 15.8. The van der Waals surface area contributed by atoms with E-state index in [4.69, 9.17) is 0 Å². The lowest BCUT2D eigenvalue weighted by Crippen LogP contribution is -2.21. The largest absolute Gasteiger partial charge is 0.326 e. The van der Waals surface area contributed by atoms with E-state index in [2.05, 4.69) is 24.5 Å². The van der Waals surface area contributed by atoms with Gasteiger partial charge in [-0.25, -0.2) is 0 Å². The van der Waals surface area contributed by atoms with E-state index in [1.807, 2.05) is 56.3 Å². The van der Waals surface area contributed by atoms with Crippen molar-refractivity contribution in [2.45, 2.75) is 40.0 Å². The van der Waals surface area contributed by atoms with E-state index in [1.54, 1.807) is 0 Å². The SMILES string of the molecule is Cc1cccc(NC(=O)C2CC2C(=O)Nc2c(C)cccc2C(C)C)c1. The van der Waals surface area contributed by atoms with Gasteiger partial charge < -0.3 is 10.6 Å². The molecular weight excluding hydrogens is 324 g/mol. The molecule has 1 saturated carbocycles. The molecule has 4 nitrogen and oxygen atoms in total. The number of carbonyl (C=O) groups is 2. The Labute approximate surface area is 155 Å². The Morgan fingerprint density at radius 2 is 1.62 bits per heavy atom. The van der Waals surface area contributed by atoms with Gasteiger partial charge in [-0.05, 0) is 55.0 Å². The molecule has 4 heteroatoms. The molecule has 0 aromatic heterocycles. The predicted molar refractivity (Wildman–Crippen MR) is 105 cm³/mol. The van der Waals surface area contributed by atoms with Crippen molar-refractivity contribution in [1.82, 2.24) is 0 Å². The minimum absolute atomic E-state index is 0.0643. The van der Waals surface area contributed by atoms with Gasteiger partial charge in [0.05, 0.1) is 11.8 Å². The van der Waals surface area contributed by atoms with Gasteiger partial charge in [0.2, 0.25) is 11.8 Å². The molecule has 0 saturated heterocycles. The van der Waals surface area contributed by atoms with Crippen LogP contribution in [0.2, 0.25) is 0 Å². The number of amides is 2. The lowest BCUT2D eigenvalue weighted by atomic mass is 9.98. The molecule has 0 bridgehead atoms. The molecule has 1 fully saturated rings. The van der Waals surface area contributed by atoms with E-state index in [1.165, 1.54) is 0 Å². The molecular formula is C22H26N2O2. The maximum Gasteiger partial charge on any atom is 0.228 e. The highest BCUT2D eigenvalue weighted by atomic mass is 16.2. The zero-order chi connectivity index (χ0) is 18.8. The van der Waals surface area contributed by atoms with Crippen LogP contribution >= 0.6 is 0 Å². The Morgan fingerprint density at radius 3 is 2.27 bits per heavy atom. The Morgan fingerprint density at radius 1 is 0.962 bits per heavy atom. The molecule has 2 aromatic carbocycles. The number of para-hydroxylation sites is 1. The number of benzene rings is 2. The molecule has 1 aliphatic rings. The average molecular weight is 350 g/mol. The molecule has 3 rings (SSSR count). The Kier molecular flexibility index (Phi) is 5.12.